The maximum atomic E-state index is 12.1. The third-order valence-electron chi connectivity index (χ3n) is 3.65. The Morgan fingerprint density at radius 1 is 0.826 bits per heavy atom. The first-order valence-electron chi connectivity index (χ1n) is 6.56. The largest absolute Gasteiger partial charge is 0.508 e. The second-order valence-corrected chi connectivity index (χ2v) is 4.87. The van der Waals surface area contributed by atoms with Crippen LogP contribution in [0.5, 0.6) is 11.5 Å². The molecule has 2 aromatic carbocycles. The van der Waals surface area contributed by atoms with Crippen molar-refractivity contribution in [1.82, 2.24) is 0 Å². The van der Waals surface area contributed by atoms with Gasteiger partial charge in [-0.15, -0.1) is 0 Å². The number of rotatable bonds is 5. The number of carbonyl (C=O) groups is 2. The van der Waals surface area contributed by atoms with Crippen LogP contribution in [0.1, 0.15) is 11.1 Å². The molecule has 118 valence electrons. The van der Waals surface area contributed by atoms with Gasteiger partial charge in [-0.3, -0.25) is 4.79 Å². The molecule has 0 atom stereocenters. The molecule has 23 heavy (non-hydrogen) atoms. The molecule has 0 aliphatic heterocycles. The fourth-order valence-corrected chi connectivity index (χ4v) is 2.57. The van der Waals surface area contributed by atoms with Gasteiger partial charge in [-0.25, -0.2) is 4.79 Å². The van der Waals surface area contributed by atoms with Gasteiger partial charge in [0.25, 0.3) is 0 Å². The van der Waals surface area contributed by atoms with E-state index < -0.39 is 34.4 Å². The van der Waals surface area contributed by atoms with Crippen LogP contribution in [-0.2, 0) is 15.0 Å². The van der Waals surface area contributed by atoms with E-state index in [9.17, 15) is 30.0 Å². The van der Waals surface area contributed by atoms with Crippen LogP contribution in [0.3, 0.4) is 0 Å². The minimum Gasteiger partial charge on any atom is -0.508 e. The summed E-state index contributed by atoms with van der Waals surface area (Å²) in [5, 5.41) is 39.4. The maximum Gasteiger partial charge on any atom is 0.332 e. The number of benzene rings is 2. The summed E-state index contributed by atoms with van der Waals surface area (Å²) in [6.07, 6.45) is 0. The van der Waals surface area contributed by atoms with Crippen molar-refractivity contribution >= 4 is 11.9 Å². The molecule has 0 saturated heterocycles. The maximum absolute atomic E-state index is 12.1. The number of aromatic hydroxyl groups is 2. The summed E-state index contributed by atoms with van der Waals surface area (Å²) >= 11 is 0. The van der Waals surface area contributed by atoms with E-state index in [1.807, 2.05) is 0 Å². The van der Waals surface area contributed by atoms with E-state index in [1.165, 1.54) is 48.5 Å². The molecule has 0 heterocycles. The lowest BCUT2D eigenvalue weighted by molar-refractivity contribution is -0.144. The van der Waals surface area contributed by atoms with Crippen molar-refractivity contribution in [2.75, 3.05) is 0 Å². The zero-order valence-corrected chi connectivity index (χ0v) is 11.9. The van der Waals surface area contributed by atoms with Gasteiger partial charge in [-0.05, 0) is 12.1 Å². The minimum absolute atomic E-state index is 0.193. The smallest absolute Gasteiger partial charge is 0.332 e. The average Bonchev–Trinajstić information content (AvgIpc) is 2.50. The van der Waals surface area contributed by atoms with Crippen LogP contribution in [-0.4, -0.2) is 32.4 Å². The molecule has 0 fully saturated rings. The highest BCUT2D eigenvalue weighted by atomic mass is 16.4. The van der Waals surface area contributed by atoms with Crippen LogP contribution in [0.4, 0.5) is 0 Å². The van der Waals surface area contributed by atoms with Gasteiger partial charge in [0.05, 0.1) is 5.57 Å². The summed E-state index contributed by atoms with van der Waals surface area (Å²) in [6, 6.07) is 10.9. The van der Waals surface area contributed by atoms with Crippen molar-refractivity contribution in [1.29, 1.82) is 0 Å². The molecule has 0 amide bonds. The number of carboxylic acid groups (broad SMARTS) is 2. The molecular weight excluding hydrogens is 300 g/mol. The summed E-state index contributed by atoms with van der Waals surface area (Å²) in [5.41, 5.74) is -3.42. The molecule has 0 aliphatic rings. The lowest BCUT2D eigenvalue weighted by atomic mass is 9.68. The zero-order valence-electron chi connectivity index (χ0n) is 11.9. The molecule has 0 saturated carbocycles. The Hall–Kier alpha value is -3.28. The molecule has 0 aliphatic carbocycles. The fourth-order valence-electron chi connectivity index (χ4n) is 2.57. The second kappa shape index (κ2) is 5.84. The number of hydrogen-bond acceptors (Lipinski definition) is 4. The van der Waals surface area contributed by atoms with Crippen molar-refractivity contribution in [2.24, 2.45) is 0 Å². The number of carboxylic acids is 2. The van der Waals surface area contributed by atoms with Crippen LogP contribution in [0, 0.1) is 0 Å². The molecule has 0 unspecified atom stereocenters. The van der Waals surface area contributed by atoms with Crippen molar-refractivity contribution < 1.29 is 30.0 Å². The first-order chi connectivity index (χ1) is 10.8. The molecule has 0 spiro atoms. The number of aliphatic carboxylic acids is 2. The van der Waals surface area contributed by atoms with Crippen molar-refractivity contribution in [3.05, 3.63) is 71.8 Å². The van der Waals surface area contributed by atoms with Crippen LogP contribution in [0.2, 0.25) is 0 Å². The molecule has 2 rings (SSSR count). The van der Waals surface area contributed by atoms with Gasteiger partial charge in [0.1, 0.15) is 11.5 Å². The van der Waals surface area contributed by atoms with Crippen LogP contribution in [0.25, 0.3) is 0 Å². The SMILES string of the molecule is C=C(C(=O)O)C(C(=O)O)(c1ccccc1O)c1ccccc1O. The highest BCUT2D eigenvalue weighted by Crippen LogP contribution is 2.45. The number of para-hydroxylation sites is 2. The molecule has 4 N–H and O–H groups in total. The van der Waals surface area contributed by atoms with Gasteiger partial charge >= 0.3 is 11.9 Å². The van der Waals surface area contributed by atoms with Gasteiger partial charge in [0.15, 0.2) is 5.41 Å². The molecular formula is C17H14O6. The standard InChI is InChI=1S/C17H14O6/c1-10(15(20)21)17(16(22)23,11-6-2-4-8-13(11)18)12-7-3-5-9-14(12)19/h2-9,18-19H,1H2,(H,20,21)(H,22,23). The lowest BCUT2D eigenvalue weighted by Gasteiger charge is -2.31. The molecule has 0 radical (unpaired) electrons. The molecule has 0 aromatic heterocycles. The van der Waals surface area contributed by atoms with E-state index in [2.05, 4.69) is 6.58 Å². The Kier molecular flexibility index (Phi) is 4.09. The summed E-state index contributed by atoms with van der Waals surface area (Å²) in [5.74, 6) is -3.96. The molecule has 6 heteroatoms. The van der Waals surface area contributed by atoms with E-state index in [-0.39, 0.29) is 11.1 Å². The Balaban J connectivity index is 2.97. The molecule has 2 aromatic rings. The predicted octanol–water partition coefficient (Wildman–Crippen LogP) is 2.11. The normalized spacial score (nSPS) is 11.0. The summed E-state index contributed by atoms with van der Waals surface area (Å²) in [6.45, 7) is 3.38. The van der Waals surface area contributed by atoms with Gasteiger partial charge in [-0.1, -0.05) is 43.0 Å². The van der Waals surface area contributed by atoms with Crippen LogP contribution in [0.15, 0.2) is 60.7 Å². The monoisotopic (exact) mass is 314 g/mol. The highest BCUT2D eigenvalue weighted by molar-refractivity contribution is 6.04. The zero-order chi connectivity index (χ0) is 17.2. The predicted molar refractivity (Wildman–Crippen MR) is 81.4 cm³/mol. The third kappa shape index (κ3) is 2.40. The van der Waals surface area contributed by atoms with E-state index in [4.69, 9.17) is 0 Å². The highest BCUT2D eigenvalue weighted by Gasteiger charge is 2.50. The fraction of sp³-hybridized carbons (Fsp3) is 0.0588. The summed E-state index contributed by atoms with van der Waals surface area (Å²) < 4.78 is 0. The summed E-state index contributed by atoms with van der Waals surface area (Å²) in [7, 11) is 0. The van der Waals surface area contributed by atoms with Gasteiger partial charge < -0.3 is 20.4 Å². The number of hydrogen-bond donors (Lipinski definition) is 4. The quantitative estimate of drug-likeness (QED) is 0.628. The van der Waals surface area contributed by atoms with E-state index in [0.717, 1.165) is 0 Å². The van der Waals surface area contributed by atoms with Crippen molar-refractivity contribution in [2.45, 2.75) is 5.41 Å². The summed E-state index contributed by atoms with van der Waals surface area (Å²) in [4.78, 5) is 23.6. The minimum atomic E-state index is -2.33. The van der Waals surface area contributed by atoms with Crippen molar-refractivity contribution in [3.8, 4) is 11.5 Å². The van der Waals surface area contributed by atoms with E-state index >= 15 is 0 Å². The van der Waals surface area contributed by atoms with Gasteiger partial charge in [0, 0.05) is 11.1 Å². The molecule has 0 bridgehead atoms. The Morgan fingerprint density at radius 3 is 1.52 bits per heavy atom. The Morgan fingerprint density at radius 2 is 1.22 bits per heavy atom. The second-order valence-electron chi connectivity index (χ2n) is 4.87. The van der Waals surface area contributed by atoms with Gasteiger partial charge in [-0.2, -0.15) is 0 Å². The average molecular weight is 314 g/mol. The molecule has 6 nitrogen and oxygen atoms in total. The van der Waals surface area contributed by atoms with Crippen molar-refractivity contribution in [3.63, 3.8) is 0 Å². The number of phenolic OH excluding ortho intramolecular Hbond substituents is 2. The lowest BCUT2D eigenvalue weighted by Crippen LogP contribution is -2.41. The third-order valence-corrected chi connectivity index (χ3v) is 3.65. The van der Waals surface area contributed by atoms with Crippen LogP contribution < -0.4 is 0 Å². The first kappa shape index (κ1) is 16.1. The van der Waals surface area contributed by atoms with Crippen LogP contribution >= 0.6 is 0 Å². The first-order valence-corrected chi connectivity index (χ1v) is 6.56. The Labute approximate surface area is 131 Å². The topological polar surface area (TPSA) is 115 Å². The Bertz CT molecular complexity index is 748. The number of phenols is 2. The van der Waals surface area contributed by atoms with E-state index in [1.54, 1.807) is 0 Å². The van der Waals surface area contributed by atoms with Gasteiger partial charge in [0.2, 0.25) is 0 Å². The van der Waals surface area contributed by atoms with E-state index in [0.29, 0.717) is 0 Å².